The highest BCUT2D eigenvalue weighted by molar-refractivity contribution is 5.79. The van der Waals surface area contributed by atoms with Crippen LogP contribution in [0.25, 0.3) is 0 Å². The molecule has 2 unspecified atom stereocenters. The summed E-state index contributed by atoms with van der Waals surface area (Å²) in [5, 5.41) is 0. The zero-order valence-electron chi connectivity index (χ0n) is 12.7. The highest BCUT2D eigenvalue weighted by atomic mass is 16.5. The van der Waals surface area contributed by atoms with Gasteiger partial charge in [0.1, 0.15) is 0 Å². The van der Waals surface area contributed by atoms with E-state index < -0.39 is 0 Å². The van der Waals surface area contributed by atoms with Crippen molar-refractivity contribution in [1.82, 2.24) is 9.80 Å². The second-order valence-corrected chi connectivity index (χ2v) is 6.77. The number of nitrogens with zero attached hydrogens (tertiary/aromatic N) is 2. The monoisotopic (exact) mass is 280 g/mol. The summed E-state index contributed by atoms with van der Waals surface area (Å²) in [5.41, 5.74) is 0. The van der Waals surface area contributed by atoms with Crippen LogP contribution in [0.3, 0.4) is 0 Å². The van der Waals surface area contributed by atoms with Crippen molar-refractivity contribution < 1.29 is 9.53 Å². The number of carbonyl (C=O) groups excluding carboxylic acids is 1. The van der Waals surface area contributed by atoms with Gasteiger partial charge in [0, 0.05) is 25.7 Å². The molecule has 20 heavy (non-hydrogen) atoms. The van der Waals surface area contributed by atoms with Crippen LogP contribution in [0.5, 0.6) is 0 Å². The topological polar surface area (TPSA) is 32.8 Å². The lowest BCUT2D eigenvalue weighted by Gasteiger charge is -2.42. The van der Waals surface area contributed by atoms with E-state index in [0.29, 0.717) is 12.5 Å². The third kappa shape index (κ3) is 3.01. The van der Waals surface area contributed by atoms with Crippen LogP contribution in [0.1, 0.15) is 38.5 Å². The van der Waals surface area contributed by atoms with E-state index in [1.165, 1.54) is 38.6 Å². The van der Waals surface area contributed by atoms with Gasteiger partial charge < -0.3 is 14.5 Å². The fourth-order valence-corrected chi connectivity index (χ4v) is 4.19. The summed E-state index contributed by atoms with van der Waals surface area (Å²) in [6, 6.07) is 0.760. The summed E-state index contributed by atoms with van der Waals surface area (Å²) in [7, 11) is 2.28. The number of amides is 1. The predicted octanol–water partition coefficient (Wildman–Crippen LogP) is 1.75. The van der Waals surface area contributed by atoms with Crippen molar-refractivity contribution in [3.63, 3.8) is 0 Å². The third-order valence-electron chi connectivity index (χ3n) is 5.50. The van der Waals surface area contributed by atoms with Gasteiger partial charge in [-0.2, -0.15) is 0 Å². The Hall–Kier alpha value is -0.610. The molecule has 0 aliphatic carbocycles. The van der Waals surface area contributed by atoms with Crippen molar-refractivity contribution in [2.75, 3.05) is 39.9 Å². The molecule has 1 amide bonds. The molecule has 3 fully saturated rings. The Morgan fingerprint density at radius 3 is 2.50 bits per heavy atom. The summed E-state index contributed by atoms with van der Waals surface area (Å²) < 4.78 is 5.35. The Labute approximate surface area is 122 Å². The molecule has 3 saturated heterocycles. The van der Waals surface area contributed by atoms with Gasteiger partial charge in [0.2, 0.25) is 5.91 Å². The van der Waals surface area contributed by atoms with Gasteiger partial charge in [-0.3, -0.25) is 4.79 Å². The van der Waals surface area contributed by atoms with Crippen LogP contribution in [0.2, 0.25) is 0 Å². The zero-order valence-corrected chi connectivity index (χ0v) is 12.7. The third-order valence-corrected chi connectivity index (χ3v) is 5.50. The molecule has 0 N–H and O–H groups in total. The average molecular weight is 280 g/mol. The van der Waals surface area contributed by atoms with Crippen molar-refractivity contribution in [3.8, 4) is 0 Å². The van der Waals surface area contributed by atoms with E-state index in [-0.39, 0.29) is 5.92 Å². The Bertz CT molecular complexity index is 333. The first-order valence-corrected chi connectivity index (χ1v) is 8.32. The van der Waals surface area contributed by atoms with Gasteiger partial charge in [-0.15, -0.1) is 0 Å². The van der Waals surface area contributed by atoms with Crippen LogP contribution in [0.15, 0.2) is 0 Å². The molecule has 114 valence electrons. The molecular weight excluding hydrogens is 252 g/mol. The summed E-state index contributed by atoms with van der Waals surface area (Å²) >= 11 is 0. The van der Waals surface area contributed by atoms with Crippen molar-refractivity contribution in [3.05, 3.63) is 0 Å². The molecule has 0 saturated carbocycles. The number of hydrogen-bond donors (Lipinski definition) is 0. The summed E-state index contributed by atoms with van der Waals surface area (Å²) in [6.07, 6.45) is 7.39. The Kier molecular flexibility index (Phi) is 4.61. The minimum atomic E-state index is 0.143. The number of hydrogen-bond acceptors (Lipinski definition) is 3. The molecule has 3 rings (SSSR count). The zero-order chi connectivity index (χ0) is 13.9. The first kappa shape index (κ1) is 14.3. The normalized spacial score (nSPS) is 33.5. The average Bonchev–Trinajstić information content (AvgIpc) is 3.01. The van der Waals surface area contributed by atoms with Crippen LogP contribution in [0, 0.1) is 11.8 Å². The number of rotatable bonds is 2. The molecule has 0 bridgehead atoms. The fourth-order valence-electron chi connectivity index (χ4n) is 4.19. The SMILES string of the molecule is CN1CCCCC1C1CCN(C(=O)C2CCOC2)CC1. The first-order valence-electron chi connectivity index (χ1n) is 8.32. The number of piperidine rings is 2. The number of ether oxygens (including phenoxy) is 1. The minimum Gasteiger partial charge on any atom is -0.381 e. The lowest BCUT2D eigenvalue weighted by molar-refractivity contribution is -0.137. The molecule has 4 nitrogen and oxygen atoms in total. The van der Waals surface area contributed by atoms with Gasteiger partial charge in [0.05, 0.1) is 12.5 Å². The van der Waals surface area contributed by atoms with E-state index in [2.05, 4.69) is 16.8 Å². The lowest BCUT2D eigenvalue weighted by Crippen LogP contribution is -2.48. The molecule has 0 aromatic heterocycles. The molecular formula is C16H28N2O2. The minimum absolute atomic E-state index is 0.143. The molecule has 3 aliphatic heterocycles. The van der Waals surface area contributed by atoms with Crippen molar-refractivity contribution in [2.45, 2.75) is 44.6 Å². The van der Waals surface area contributed by atoms with E-state index in [9.17, 15) is 4.79 Å². The van der Waals surface area contributed by atoms with Crippen LogP contribution >= 0.6 is 0 Å². The van der Waals surface area contributed by atoms with E-state index in [4.69, 9.17) is 4.74 Å². The lowest BCUT2D eigenvalue weighted by atomic mass is 9.83. The summed E-state index contributed by atoms with van der Waals surface area (Å²) in [5.74, 6) is 1.28. The van der Waals surface area contributed by atoms with Crippen molar-refractivity contribution in [1.29, 1.82) is 0 Å². The fraction of sp³-hybridized carbons (Fsp3) is 0.938. The molecule has 3 heterocycles. The van der Waals surface area contributed by atoms with Gasteiger partial charge in [-0.25, -0.2) is 0 Å². The smallest absolute Gasteiger partial charge is 0.228 e. The molecule has 0 spiro atoms. The van der Waals surface area contributed by atoms with Crippen molar-refractivity contribution in [2.24, 2.45) is 11.8 Å². The Morgan fingerprint density at radius 2 is 1.85 bits per heavy atom. The molecule has 3 aliphatic rings. The Balaban J connectivity index is 1.50. The maximum absolute atomic E-state index is 12.4. The number of likely N-dealkylation sites (tertiary alicyclic amines) is 2. The molecule has 2 atom stereocenters. The maximum atomic E-state index is 12.4. The maximum Gasteiger partial charge on any atom is 0.228 e. The van der Waals surface area contributed by atoms with Gasteiger partial charge >= 0.3 is 0 Å². The van der Waals surface area contributed by atoms with Crippen LogP contribution < -0.4 is 0 Å². The van der Waals surface area contributed by atoms with E-state index >= 15 is 0 Å². The van der Waals surface area contributed by atoms with Gasteiger partial charge in [0.25, 0.3) is 0 Å². The molecule has 0 aromatic carbocycles. The van der Waals surface area contributed by atoms with E-state index in [1.807, 2.05) is 0 Å². The highest BCUT2D eigenvalue weighted by Gasteiger charge is 2.34. The quantitative estimate of drug-likeness (QED) is 0.772. The summed E-state index contributed by atoms with van der Waals surface area (Å²) in [6.45, 7) is 4.59. The Morgan fingerprint density at radius 1 is 1.05 bits per heavy atom. The highest BCUT2D eigenvalue weighted by Crippen LogP contribution is 2.30. The van der Waals surface area contributed by atoms with Crippen LogP contribution in [-0.2, 0) is 9.53 Å². The summed E-state index contributed by atoms with van der Waals surface area (Å²) in [4.78, 5) is 17.0. The van der Waals surface area contributed by atoms with Crippen LogP contribution in [-0.4, -0.2) is 61.6 Å². The van der Waals surface area contributed by atoms with Gasteiger partial charge in [0.15, 0.2) is 0 Å². The van der Waals surface area contributed by atoms with E-state index in [1.54, 1.807) is 0 Å². The molecule has 4 heteroatoms. The van der Waals surface area contributed by atoms with Crippen LogP contribution in [0.4, 0.5) is 0 Å². The standard InChI is InChI=1S/C16H28N2O2/c1-17-8-3-2-4-15(17)13-5-9-18(10-6-13)16(19)14-7-11-20-12-14/h13-15H,2-12H2,1H3. The second kappa shape index (κ2) is 6.44. The van der Waals surface area contributed by atoms with Gasteiger partial charge in [-0.1, -0.05) is 6.42 Å². The van der Waals surface area contributed by atoms with Crippen molar-refractivity contribution >= 4 is 5.91 Å². The van der Waals surface area contributed by atoms with Gasteiger partial charge in [-0.05, 0) is 51.6 Å². The molecule has 0 aromatic rings. The molecule has 0 radical (unpaired) electrons. The second-order valence-electron chi connectivity index (χ2n) is 6.77. The van der Waals surface area contributed by atoms with E-state index in [0.717, 1.165) is 38.1 Å². The predicted molar refractivity (Wildman–Crippen MR) is 78.5 cm³/mol. The first-order chi connectivity index (χ1) is 9.75. The largest absolute Gasteiger partial charge is 0.381 e. The number of carbonyl (C=O) groups is 1.